The second-order valence-electron chi connectivity index (χ2n) is 5.84. The number of aryl methyl sites for hydroxylation is 1. The average Bonchev–Trinajstić information content (AvgIpc) is 2.55. The summed E-state index contributed by atoms with van der Waals surface area (Å²) < 4.78 is 5.83. The summed E-state index contributed by atoms with van der Waals surface area (Å²) in [6.07, 6.45) is 3.02. The van der Waals surface area contributed by atoms with E-state index in [1.165, 1.54) is 0 Å². The van der Waals surface area contributed by atoms with Crippen molar-refractivity contribution in [3.05, 3.63) is 47.9 Å². The van der Waals surface area contributed by atoms with Crippen molar-refractivity contribution in [2.24, 2.45) is 0 Å². The van der Waals surface area contributed by atoms with E-state index in [0.29, 0.717) is 11.7 Å². The van der Waals surface area contributed by atoms with Crippen LogP contribution in [0.25, 0.3) is 0 Å². The second-order valence-corrected chi connectivity index (χ2v) is 5.84. The molecule has 3 rings (SSSR count). The number of carbonyl (C=O) groups excluding carboxylic acids is 1. The Kier molecular flexibility index (Phi) is 4.55. The summed E-state index contributed by atoms with van der Waals surface area (Å²) in [4.78, 5) is 22.9. The molecule has 0 unspecified atom stereocenters. The number of hydrogen-bond acceptors (Lipinski definition) is 4. The van der Waals surface area contributed by atoms with Crippen LogP contribution < -0.4 is 4.74 Å². The fourth-order valence-electron chi connectivity index (χ4n) is 2.95. The van der Waals surface area contributed by atoms with Gasteiger partial charge >= 0.3 is 0 Å². The van der Waals surface area contributed by atoms with E-state index in [9.17, 15) is 4.79 Å². The molecular weight excluding hydrogens is 290 g/mol. The number of rotatable bonds is 3. The Labute approximate surface area is 136 Å². The van der Waals surface area contributed by atoms with Crippen molar-refractivity contribution in [3.8, 4) is 11.6 Å². The third-order valence-corrected chi connectivity index (χ3v) is 4.02. The number of amides is 1. The Morgan fingerprint density at radius 2 is 2.00 bits per heavy atom. The molecule has 2 heterocycles. The predicted octanol–water partition coefficient (Wildman–Crippen LogP) is 3.65. The standard InChI is InChI=1S/C18H21N3O2/c1-13-12-17(23-15-8-4-3-5-9-15)20-18(19-13)16-10-6-7-11-21(16)14(2)22/h3-5,8-9,12,16H,6-7,10-11H2,1-2H3/t16-/m1/s1. The number of aromatic nitrogens is 2. The largest absolute Gasteiger partial charge is 0.439 e. The van der Waals surface area contributed by atoms with Crippen LogP contribution in [0.3, 0.4) is 0 Å². The molecule has 2 aromatic rings. The van der Waals surface area contributed by atoms with E-state index in [1.54, 1.807) is 6.92 Å². The highest BCUT2D eigenvalue weighted by atomic mass is 16.5. The summed E-state index contributed by atoms with van der Waals surface area (Å²) in [5.74, 6) is 2.01. The lowest BCUT2D eigenvalue weighted by Crippen LogP contribution is -2.37. The zero-order valence-corrected chi connectivity index (χ0v) is 13.5. The van der Waals surface area contributed by atoms with Gasteiger partial charge in [-0.15, -0.1) is 0 Å². The molecule has 1 atom stereocenters. The van der Waals surface area contributed by atoms with Gasteiger partial charge in [-0.3, -0.25) is 4.79 Å². The lowest BCUT2D eigenvalue weighted by molar-refractivity contribution is -0.132. The number of para-hydroxylation sites is 1. The lowest BCUT2D eigenvalue weighted by Gasteiger charge is -2.34. The number of likely N-dealkylation sites (tertiary alicyclic amines) is 1. The molecular formula is C18H21N3O2. The van der Waals surface area contributed by atoms with Crippen LogP contribution in [0.2, 0.25) is 0 Å². The van der Waals surface area contributed by atoms with Gasteiger partial charge in [-0.1, -0.05) is 18.2 Å². The van der Waals surface area contributed by atoms with Crippen LogP contribution >= 0.6 is 0 Å². The molecule has 1 saturated heterocycles. The lowest BCUT2D eigenvalue weighted by atomic mass is 10.0. The van der Waals surface area contributed by atoms with Crippen molar-refractivity contribution in [1.29, 1.82) is 0 Å². The molecule has 1 aromatic carbocycles. The van der Waals surface area contributed by atoms with Crippen molar-refractivity contribution < 1.29 is 9.53 Å². The average molecular weight is 311 g/mol. The quantitative estimate of drug-likeness (QED) is 0.868. The van der Waals surface area contributed by atoms with Crippen LogP contribution in [0.5, 0.6) is 11.6 Å². The molecule has 1 amide bonds. The Balaban J connectivity index is 1.89. The molecule has 5 nitrogen and oxygen atoms in total. The summed E-state index contributed by atoms with van der Waals surface area (Å²) >= 11 is 0. The molecule has 0 aliphatic carbocycles. The minimum Gasteiger partial charge on any atom is -0.439 e. The molecule has 1 fully saturated rings. The minimum absolute atomic E-state index is 0.0562. The maximum atomic E-state index is 11.9. The fourth-order valence-corrected chi connectivity index (χ4v) is 2.95. The zero-order chi connectivity index (χ0) is 16.2. The molecule has 5 heteroatoms. The summed E-state index contributed by atoms with van der Waals surface area (Å²) in [7, 11) is 0. The highest BCUT2D eigenvalue weighted by molar-refractivity contribution is 5.73. The molecule has 1 aliphatic rings. The minimum atomic E-state index is -0.0562. The molecule has 0 N–H and O–H groups in total. The molecule has 1 aliphatic heterocycles. The van der Waals surface area contributed by atoms with Crippen molar-refractivity contribution in [2.45, 2.75) is 39.2 Å². The predicted molar refractivity (Wildman–Crippen MR) is 87.3 cm³/mol. The first kappa shape index (κ1) is 15.5. The third kappa shape index (κ3) is 3.67. The van der Waals surface area contributed by atoms with Gasteiger partial charge in [-0.2, -0.15) is 4.98 Å². The SMILES string of the molecule is CC(=O)N1CCCC[C@@H]1c1nc(C)cc(Oc2ccccc2)n1. The van der Waals surface area contributed by atoms with Crippen molar-refractivity contribution in [3.63, 3.8) is 0 Å². The number of benzene rings is 1. The first-order valence-corrected chi connectivity index (χ1v) is 7.99. The van der Waals surface area contributed by atoms with E-state index in [4.69, 9.17) is 4.74 Å². The topological polar surface area (TPSA) is 55.3 Å². The van der Waals surface area contributed by atoms with Gasteiger partial charge in [0.15, 0.2) is 5.82 Å². The van der Waals surface area contributed by atoms with Gasteiger partial charge in [0.1, 0.15) is 5.75 Å². The van der Waals surface area contributed by atoms with E-state index in [0.717, 1.165) is 37.3 Å². The third-order valence-electron chi connectivity index (χ3n) is 4.02. The van der Waals surface area contributed by atoms with E-state index in [2.05, 4.69) is 9.97 Å². The maximum absolute atomic E-state index is 11.9. The van der Waals surface area contributed by atoms with E-state index >= 15 is 0 Å². The molecule has 0 spiro atoms. The summed E-state index contributed by atoms with van der Waals surface area (Å²) in [5, 5.41) is 0. The highest BCUT2D eigenvalue weighted by Gasteiger charge is 2.28. The smallest absolute Gasteiger partial charge is 0.222 e. The maximum Gasteiger partial charge on any atom is 0.222 e. The normalized spacial score (nSPS) is 17.8. The molecule has 1 aromatic heterocycles. The first-order chi connectivity index (χ1) is 11.1. The molecule has 120 valence electrons. The summed E-state index contributed by atoms with van der Waals surface area (Å²) in [6, 6.07) is 11.3. The van der Waals surface area contributed by atoms with Crippen LogP contribution in [-0.2, 0) is 4.79 Å². The molecule has 0 bridgehead atoms. The van der Waals surface area contributed by atoms with E-state index < -0.39 is 0 Å². The van der Waals surface area contributed by atoms with Gasteiger partial charge in [0.2, 0.25) is 11.8 Å². The zero-order valence-electron chi connectivity index (χ0n) is 13.5. The summed E-state index contributed by atoms with van der Waals surface area (Å²) in [5.41, 5.74) is 0.843. The van der Waals surface area contributed by atoms with Crippen molar-refractivity contribution in [1.82, 2.24) is 14.9 Å². The van der Waals surface area contributed by atoms with Crippen LogP contribution in [0.1, 0.15) is 43.7 Å². The number of carbonyl (C=O) groups is 1. The number of hydrogen-bond donors (Lipinski definition) is 0. The number of nitrogens with zero attached hydrogens (tertiary/aromatic N) is 3. The van der Waals surface area contributed by atoms with E-state index in [-0.39, 0.29) is 11.9 Å². The van der Waals surface area contributed by atoms with Crippen LogP contribution in [0, 0.1) is 6.92 Å². The Morgan fingerprint density at radius 3 is 2.74 bits per heavy atom. The molecule has 23 heavy (non-hydrogen) atoms. The molecule has 0 radical (unpaired) electrons. The van der Waals surface area contributed by atoms with Gasteiger partial charge in [0.25, 0.3) is 0 Å². The van der Waals surface area contributed by atoms with Gasteiger partial charge in [-0.25, -0.2) is 4.98 Å². The Hall–Kier alpha value is -2.43. The van der Waals surface area contributed by atoms with Gasteiger partial charge in [0, 0.05) is 25.2 Å². The van der Waals surface area contributed by atoms with Crippen LogP contribution in [0.15, 0.2) is 36.4 Å². The van der Waals surface area contributed by atoms with Gasteiger partial charge in [-0.05, 0) is 38.3 Å². The summed E-state index contributed by atoms with van der Waals surface area (Å²) in [6.45, 7) is 4.30. The fraction of sp³-hybridized carbons (Fsp3) is 0.389. The number of piperidine rings is 1. The highest BCUT2D eigenvalue weighted by Crippen LogP contribution is 2.30. The monoisotopic (exact) mass is 311 g/mol. The Bertz CT molecular complexity index is 688. The van der Waals surface area contributed by atoms with E-state index in [1.807, 2.05) is 48.2 Å². The van der Waals surface area contributed by atoms with Crippen LogP contribution in [0.4, 0.5) is 0 Å². The van der Waals surface area contributed by atoms with Crippen LogP contribution in [-0.4, -0.2) is 27.3 Å². The van der Waals surface area contributed by atoms with Gasteiger partial charge < -0.3 is 9.64 Å². The van der Waals surface area contributed by atoms with Gasteiger partial charge in [0.05, 0.1) is 6.04 Å². The first-order valence-electron chi connectivity index (χ1n) is 7.99. The van der Waals surface area contributed by atoms with Crippen molar-refractivity contribution >= 4 is 5.91 Å². The number of ether oxygens (including phenoxy) is 1. The van der Waals surface area contributed by atoms with Crippen molar-refractivity contribution in [2.75, 3.05) is 6.54 Å². The molecule has 0 saturated carbocycles. The second kappa shape index (κ2) is 6.77. The Morgan fingerprint density at radius 1 is 1.22 bits per heavy atom.